The molecular weight excluding hydrogens is 543 g/mol. The van der Waals surface area contributed by atoms with Crippen molar-refractivity contribution in [2.24, 2.45) is 0 Å². The van der Waals surface area contributed by atoms with Crippen molar-refractivity contribution in [1.29, 1.82) is 0 Å². The number of unbranched alkanes of at least 4 members (excludes halogenated alkanes) is 15. The minimum Gasteiger partial charge on any atom is -0.462 e. The van der Waals surface area contributed by atoms with Gasteiger partial charge < -0.3 is 19.3 Å². The first-order valence-corrected chi connectivity index (χ1v) is 17.7. The summed E-state index contributed by atoms with van der Waals surface area (Å²) in [6.45, 7) is 3.55. The van der Waals surface area contributed by atoms with Crippen molar-refractivity contribution in [3.05, 3.63) is 24.3 Å². The molecule has 1 unspecified atom stereocenters. The molecule has 1 atom stereocenters. The van der Waals surface area contributed by atoms with E-state index in [2.05, 4.69) is 42.7 Å². The van der Waals surface area contributed by atoms with E-state index >= 15 is 0 Å². The van der Waals surface area contributed by atoms with Crippen LogP contribution in [0.1, 0.15) is 149 Å². The molecule has 0 aromatic carbocycles. The zero-order valence-electron chi connectivity index (χ0n) is 25.9. The highest BCUT2D eigenvalue weighted by molar-refractivity contribution is 7.46. The maximum absolute atomic E-state index is 12.3. The summed E-state index contributed by atoms with van der Waals surface area (Å²) in [5.41, 5.74) is 0. The SMILES string of the molecule is CCCCC/C=C\C/C=C\CCCCCCCCCC(=O)OC(COC(=O)CCCCCCCC)COP(=O)(O)O. The van der Waals surface area contributed by atoms with Gasteiger partial charge in [-0.3, -0.25) is 14.1 Å². The zero-order valence-corrected chi connectivity index (χ0v) is 26.8. The van der Waals surface area contributed by atoms with Crippen LogP contribution in [0.3, 0.4) is 0 Å². The van der Waals surface area contributed by atoms with Crippen molar-refractivity contribution in [3.8, 4) is 0 Å². The van der Waals surface area contributed by atoms with Gasteiger partial charge in [-0.1, -0.05) is 115 Å². The highest BCUT2D eigenvalue weighted by atomic mass is 31.2. The van der Waals surface area contributed by atoms with Crippen molar-refractivity contribution in [1.82, 2.24) is 0 Å². The van der Waals surface area contributed by atoms with Gasteiger partial charge in [0.25, 0.3) is 0 Å². The van der Waals surface area contributed by atoms with Crippen LogP contribution in [0.5, 0.6) is 0 Å². The molecule has 240 valence electrons. The lowest BCUT2D eigenvalue weighted by atomic mass is 10.1. The number of carbonyl (C=O) groups excluding carboxylic acids is 2. The van der Waals surface area contributed by atoms with E-state index in [0.29, 0.717) is 6.42 Å². The molecule has 0 aliphatic rings. The first-order chi connectivity index (χ1) is 19.8. The van der Waals surface area contributed by atoms with E-state index in [9.17, 15) is 14.2 Å². The number of ether oxygens (including phenoxy) is 2. The zero-order chi connectivity index (χ0) is 30.4. The van der Waals surface area contributed by atoms with Crippen LogP contribution >= 0.6 is 7.82 Å². The fourth-order valence-electron chi connectivity index (χ4n) is 4.28. The fourth-order valence-corrected chi connectivity index (χ4v) is 4.64. The Morgan fingerprint density at radius 1 is 0.634 bits per heavy atom. The van der Waals surface area contributed by atoms with E-state index < -0.39 is 32.5 Å². The lowest BCUT2D eigenvalue weighted by molar-refractivity contribution is -0.161. The smallest absolute Gasteiger partial charge is 0.462 e. The summed E-state index contributed by atoms with van der Waals surface area (Å²) in [5.74, 6) is -0.905. The molecule has 0 aromatic rings. The third kappa shape index (κ3) is 31.3. The number of carbonyl (C=O) groups is 2. The van der Waals surface area contributed by atoms with Crippen molar-refractivity contribution in [2.45, 2.75) is 155 Å². The minimum absolute atomic E-state index is 0.204. The van der Waals surface area contributed by atoms with Gasteiger partial charge in [0.1, 0.15) is 6.61 Å². The first-order valence-electron chi connectivity index (χ1n) is 16.1. The second-order valence-corrected chi connectivity index (χ2v) is 12.0. The van der Waals surface area contributed by atoms with Crippen LogP contribution in [0.25, 0.3) is 0 Å². The molecule has 9 heteroatoms. The normalized spacial score (nSPS) is 12.8. The van der Waals surface area contributed by atoms with Crippen molar-refractivity contribution in [3.63, 3.8) is 0 Å². The predicted molar refractivity (Wildman–Crippen MR) is 165 cm³/mol. The van der Waals surface area contributed by atoms with Gasteiger partial charge in [-0.25, -0.2) is 4.57 Å². The summed E-state index contributed by atoms with van der Waals surface area (Å²) in [6.07, 6.45) is 29.3. The Morgan fingerprint density at radius 2 is 1.10 bits per heavy atom. The molecule has 0 bridgehead atoms. The molecule has 0 aliphatic heterocycles. The molecule has 0 heterocycles. The van der Waals surface area contributed by atoms with Crippen molar-refractivity contribution >= 4 is 19.8 Å². The standard InChI is InChI=1S/C32H59O8P/c1-3-5-7-9-11-12-13-14-15-16-17-18-19-20-21-23-25-27-32(34)40-30(29-39-41(35,36)37)28-38-31(33)26-24-22-10-8-6-4-2/h11-12,14-15,30H,3-10,13,16-29H2,1-2H3,(H2,35,36,37)/b12-11-,15-14-. The molecule has 0 saturated heterocycles. The summed E-state index contributed by atoms with van der Waals surface area (Å²) in [7, 11) is -4.74. The van der Waals surface area contributed by atoms with Crippen LogP contribution in [-0.2, 0) is 28.2 Å². The van der Waals surface area contributed by atoms with Crippen LogP contribution in [-0.4, -0.2) is 41.0 Å². The van der Waals surface area contributed by atoms with E-state index in [4.69, 9.17) is 19.3 Å². The number of esters is 2. The topological polar surface area (TPSA) is 119 Å². The molecule has 41 heavy (non-hydrogen) atoms. The van der Waals surface area contributed by atoms with E-state index in [1.807, 2.05) is 0 Å². The largest absolute Gasteiger partial charge is 0.469 e. The van der Waals surface area contributed by atoms with E-state index in [1.165, 1.54) is 51.4 Å². The first kappa shape index (κ1) is 39.5. The molecule has 0 rings (SSSR count). The number of phosphoric ester groups is 1. The number of hydrogen-bond acceptors (Lipinski definition) is 6. The van der Waals surface area contributed by atoms with Gasteiger partial charge in [0.15, 0.2) is 6.10 Å². The summed E-state index contributed by atoms with van der Waals surface area (Å²) in [4.78, 5) is 42.2. The average Bonchev–Trinajstić information content (AvgIpc) is 2.93. The number of rotatable bonds is 29. The average molecular weight is 603 g/mol. The summed E-state index contributed by atoms with van der Waals surface area (Å²) in [6, 6.07) is 0. The molecular formula is C32H59O8P. The van der Waals surface area contributed by atoms with E-state index in [-0.39, 0.29) is 19.4 Å². The Kier molecular flexibility index (Phi) is 27.6. The Bertz CT molecular complexity index is 731. The van der Waals surface area contributed by atoms with Gasteiger partial charge in [0.2, 0.25) is 0 Å². The van der Waals surface area contributed by atoms with Crippen molar-refractivity contribution < 1.29 is 37.9 Å². The van der Waals surface area contributed by atoms with Gasteiger partial charge >= 0.3 is 19.8 Å². The molecule has 0 aromatic heterocycles. The summed E-state index contributed by atoms with van der Waals surface area (Å²) < 4.78 is 26.0. The second kappa shape index (κ2) is 28.6. The highest BCUT2D eigenvalue weighted by Crippen LogP contribution is 2.35. The third-order valence-corrected chi connectivity index (χ3v) is 7.21. The van der Waals surface area contributed by atoms with Crippen LogP contribution in [0.4, 0.5) is 0 Å². The van der Waals surface area contributed by atoms with Crippen LogP contribution in [0.15, 0.2) is 24.3 Å². The number of phosphoric acid groups is 1. The van der Waals surface area contributed by atoms with E-state index in [0.717, 1.165) is 64.2 Å². The highest BCUT2D eigenvalue weighted by Gasteiger charge is 2.22. The van der Waals surface area contributed by atoms with Crippen molar-refractivity contribution in [2.75, 3.05) is 13.2 Å². The summed E-state index contributed by atoms with van der Waals surface area (Å²) in [5, 5.41) is 0. The monoisotopic (exact) mass is 602 g/mol. The maximum atomic E-state index is 12.3. The van der Waals surface area contributed by atoms with Gasteiger partial charge in [0.05, 0.1) is 6.61 Å². The van der Waals surface area contributed by atoms with Gasteiger partial charge in [-0.15, -0.1) is 0 Å². The summed E-state index contributed by atoms with van der Waals surface area (Å²) >= 11 is 0. The predicted octanol–water partition coefficient (Wildman–Crippen LogP) is 8.90. The number of hydrogen-bond donors (Lipinski definition) is 2. The number of allylic oxidation sites excluding steroid dienone is 4. The van der Waals surface area contributed by atoms with Gasteiger partial charge in [-0.2, -0.15) is 0 Å². The van der Waals surface area contributed by atoms with Crippen LogP contribution < -0.4 is 0 Å². The fraction of sp³-hybridized carbons (Fsp3) is 0.812. The lowest BCUT2D eigenvalue weighted by Crippen LogP contribution is -2.29. The molecule has 2 N–H and O–H groups in total. The molecule has 0 radical (unpaired) electrons. The van der Waals surface area contributed by atoms with Gasteiger partial charge in [-0.05, 0) is 44.9 Å². The maximum Gasteiger partial charge on any atom is 0.469 e. The molecule has 0 amide bonds. The molecule has 0 saturated carbocycles. The molecule has 8 nitrogen and oxygen atoms in total. The Hall–Kier alpha value is -1.47. The minimum atomic E-state index is -4.74. The lowest BCUT2D eigenvalue weighted by Gasteiger charge is -2.18. The third-order valence-electron chi connectivity index (χ3n) is 6.72. The van der Waals surface area contributed by atoms with Crippen LogP contribution in [0, 0.1) is 0 Å². The Morgan fingerprint density at radius 3 is 1.66 bits per heavy atom. The Balaban J connectivity index is 3.97. The molecule has 0 aliphatic carbocycles. The van der Waals surface area contributed by atoms with Gasteiger partial charge in [0, 0.05) is 12.8 Å². The Labute approximate surface area is 249 Å². The van der Waals surface area contributed by atoms with E-state index in [1.54, 1.807) is 0 Å². The molecule has 0 fully saturated rings. The molecule has 0 spiro atoms. The second-order valence-electron chi connectivity index (χ2n) is 10.8. The van der Waals surface area contributed by atoms with Crippen LogP contribution in [0.2, 0.25) is 0 Å². The quantitative estimate of drug-likeness (QED) is 0.0377.